The zero-order chi connectivity index (χ0) is 12.6. The fraction of sp³-hybridized carbons (Fsp3) is 0.300. The van der Waals surface area contributed by atoms with Crippen LogP contribution in [0.25, 0.3) is 0 Å². The third-order valence-electron chi connectivity index (χ3n) is 1.39. The Balaban J connectivity index is 0.00000106. The lowest BCUT2D eigenvalue weighted by Gasteiger charge is -2.11. The minimum atomic E-state index is 0.378. The summed E-state index contributed by atoms with van der Waals surface area (Å²) in [6.07, 6.45) is 3.04. The van der Waals surface area contributed by atoms with Crippen molar-refractivity contribution in [3.8, 4) is 0 Å². The Morgan fingerprint density at radius 1 is 1.56 bits per heavy atom. The van der Waals surface area contributed by atoms with Gasteiger partial charge in [-0.15, -0.1) is 5.12 Å². The predicted octanol–water partition coefficient (Wildman–Crippen LogP) is 2.77. The highest BCUT2D eigenvalue weighted by molar-refractivity contribution is 6.33. The molecular weight excluding hydrogens is 226 g/mol. The summed E-state index contributed by atoms with van der Waals surface area (Å²) in [6.45, 7) is 9.11. The maximum atomic E-state index is 5.89. The predicted molar refractivity (Wildman–Crippen MR) is 71.2 cm³/mol. The van der Waals surface area contributed by atoms with Crippen molar-refractivity contribution >= 4 is 36.0 Å². The first kappa shape index (κ1) is 14.4. The summed E-state index contributed by atoms with van der Waals surface area (Å²) in [5, 5.41) is 9.13. The van der Waals surface area contributed by atoms with Gasteiger partial charge in [0.25, 0.3) is 0 Å². The molecule has 0 unspecified atom stereocenters. The second-order valence-electron chi connectivity index (χ2n) is 2.38. The van der Waals surface area contributed by atoms with E-state index < -0.39 is 0 Å². The average molecular weight is 242 g/mol. The molecule has 1 aromatic rings. The molecule has 0 saturated carbocycles. The number of hydrogen-bond donors (Lipinski definition) is 1. The molecule has 0 fully saturated rings. The lowest BCUT2D eigenvalue weighted by molar-refractivity contribution is 0.910. The van der Waals surface area contributed by atoms with Crippen molar-refractivity contribution in [1.82, 2.24) is 4.98 Å². The molecule has 0 bridgehead atoms. The molecule has 0 aliphatic rings. The molecule has 0 aliphatic heterocycles. The molecule has 0 spiro atoms. The second kappa shape index (κ2) is 7.64. The van der Waals surface area contributed by atoms with Crippen molar-refractivity contribution in [2.45, 2.75) is 20.8 Å². The van der Waals surface area contributed by atoms with E-state index in [0.717, 1.165) is 0 Å². The molecule has 88 valence electrons. The smallest absolute Gasteiger partial charge is 0.193 e. The van der Waals surface area contributed by atoms with Gasteiger partial charge in [0.2, 0.25) is 0 Å². The minimum absolute atomic E-state index is 0.378. The summed E-state index contributed by atoms with van der Waals surface area (Å²) in [6, 6.07) is 1.58. The second-order valence-corrected chi connectivity index (χ2v) is 2.79. The van der Waals surface area contributed by atoms with Crippen LogP contribution in [0.2, 0.25) is 5.02 Å². The Morgan fingerprint density at radius 2 is 2.19 bits per heavy atom. The van der Waals surface area contributed by atoms with Gasteiger partial charge in [0.15, 0.2) is 5.82 Å². The first-order valence-electron chi connectivity index (χ1n) is 4.85. The first-order valence-corrected chi connectivity index (χ1v) is 5.23. The highest BCUT2D eigenvalue weighted by atomic mass is 35.5. The van der Waals surface area contributed by atoms with Crippen LogP contribution in [0.5, 0.6) is 0 Å². The summed E-state index contributed by atoms with van der Waals surface area (Å²) in [5.41, 5.74) is 5.98. The maximum Gasteiger partial charge on any atom is 0.193 e. The standard InChI is InChI=1S/C8H10ClN5.C2H6/c1-3-13-14(11-2)8-7(9)4-6(10)5-12-8;1-2/h3-5H,2,10H2,1H3;1-2H3/b13-3-;. The number of anilines is 2. The van der Waals surface area contributed by atoms with Gasteiger partial charge < -0.3 is 5.73 Å². The van der Waals surface area contributed by atoms with E-state index in [1.54, 1.807) is 19.2 Å². The van der Waals surface area contributed by atoms with Gasteiger partial charge >= 0.3 is 0 Å². The van der Waals surface area contributed by atoms with Crippen LogP contribution in [0.15, 0.2) is 22.5 Å². The summed E-state index contributed by atoms with van der Waals surface area (Å²) in [7, 11) is 0. The average Bonchev–Trinajstić information content (AvgIpc) is 2.29. The van der Waals surface area contributed by atoms with Crippen molar-refractivity contribution in [3.05, 3.63) is 17.3 Å². The van der Waals surface area contributed by atoms with Crippen LogP contribution in [-0.2, 0) is 0 Å². The molecule has 0 atom stereocenters. The number of nitrogen functional groups attached to an aromatic ring is 1. The largest absolute Gasteiger partial charge is 0.397 e. The molecule has 1 aromatic heterocycles. The Hall–Kier alpha value is -1.62. The zero-order valence-corrected chi connectivity index (χ0v) is 10.4. The lowest BCUT2D eigenvalue weighted by atomic mass is 10.4. The van der Waals surface area contributed by atoms with E-state index in [1.807, 2.05) is 13.8 Å². The summed E-state index contributed by atoms with van der Waals surface area (Å²) in [5.74, 6) is 0.397. The van der Waals surface area contributed by atoms with Crippen molar-refractivity contribution < 1.29 is 0 Å². The molecule has 0 saturated heterocycles. The van der Waals surface area contributed by atoms with Crippen molar-refractivity contribution in [3.63, 3.8) is 0 Å². The Morgan fingerprint density at radius 3 is 2.62 bits per heavy atom. The third kappa shape index (κ3) is 3.86. The zero-order valence-electron chi connectivity index (χ0n) is 9.68. The Kier molecular flexibility index (Phi) is 6.87. The van der Waals surface area contributed by atoms with Crippen LogP contribution < -0.4 is 10.9 Å². The van der Waals surface area contributed by atoms with Crippen LogP contribution >= 0.6 is 11.6 Å². The topological polar surface area (TPSA) is 66.9 Å². The van der Waals surface area contributed by atoms with Crippen LogP contribution in [0.3, 0.4) is 0 Å². The fourth-order valence-corrected chi connectivity index (χ4v) is 1.11. The summed E-state index contributed by atoms with van der Waals surface area (Å²) < 4.78 is 0. The highest BCUT2D eigenvalue weighted by Gasteiger charge is 2.08. The number of hydrazone groups is 2. The van der Waals surface area contributed by atoms with Crippen LogP contribution in [0.1, 0.15) is 20.8 Å². The van der Waals surface area contributed by atoms with Crippen molar-refractivity contribution in [1.29, 1.82) is 0 Å². The molecule has 5 nitrogen and oxygen atoms in total. The molecule has 16 heavy (non-hydrogen) atoms. The number of nitrogens with zero attached hydrogens (tertiary/aromatic N) is 4. The van der Waals surface area contributed by atoms with E-state index in [2.05, 4.69) is 21.9 Å². The van der Waals surface area contributed by atoms with Crippen molar-refractivity contribution in [2.24, 2.45) is 10.2 Å². The normalized spacial score (nSPS) is 9.50. The monoisotopic (exact) mass is 241 g/mol. The summed E-state index contributed by atoms with van der Waals surface area (Å²) in [4.78, 5) is 3.99. The van der Waals surface area contributed by atoms with Gasteiger partial charge in [0, 0.05) is 12.9 Å². The summed E-state index contributed by atoms with van der Waals surface area (Å²) >= 11 is 5.89. The highest BCUT2D eigenvalue weighted by Crippen LogP contribution is 2.25. The molecule has 0 aliphatic carbocycles. The number of nitrogens with two attached hydrogens (primary N) is 1. The quantitative estimate of drug-likeness (QED) is 0.654. The van der Waals surface area contributed by atoms with Crippen LogP contribution in [0, 0.1) is 0 Å². The van der Waals surface area contributed by atoms with Gasteiger partial charge in [-0.05, 0) is 13.0 Å². The number of pyridine rings is 1. The molecule has 6 heteroatoms. The van der Waals surface area contributed by atoms with E-state index in [-0.39, 0.29) is 0 Å². The van der Waals surface area contributed by atoms with Gasteiger partial charge in [0.1, 0.15) is 0 Å². The van der Waals surface area contributed by atoms with E-state index in [0.29, 0.717) is 16.5 Å². The third-order valence-corrected chi connectivity index (χ3v) is 1.67. The molecule has 0 radical (unpaired) electrons. The number of aromatic nitrogens is 1. The SMILES string of the molecule is C=NN(/N=C\C)c1ncc(N)cc1Cl.CC. The molecule has 0 amide bonds. The van der Waals surface area contributed by atoms with Gasteiger partial charge in [-0.1, -0.05) is 25.4 Å². The van der Waals surface area contributed by atoms with Gasteiger partial charge in [-0.25, -0.2) is 4.98 Å². The van der Waals surface area contributed by atoms with Gasteiger partial charge in [-0.2, -0.15) is 10.2 Å². The number of rotatable bonds is 3. The lowest BCUT2D eigenvalue weighted by Crippen LogP contribution is -2.09. The van der Waals surface area contributed by atoms with E-state index in [9.17, 15) is 0 Å². The van der Waals surface area contributed by atoms with Crippen LogP contribution in [-0.4, -0.2) is 17.9 Å². The number of halogens is 1. The van der Waals surface area contributed by atoms with Gasteiger partial charge in [0.05, 0.1) is 16.9 Å². The van der Waals surface area contributed by atoms with Gasteiger partial charge in [-0.3, -0.25) is 0 Å². The molecule has 1 heterocycles. The van der Waals surface area contributed by atoms with Crippen molar-refractivity contribution in [2.75, 3.05) is 10.9 Å². The maximum absolute atomic E-state index is 5.89. The van der Waals surface area contributed by atoms with Crippen LogP contribution in [0.4, 0.5) is 11.5 Å². The Bertz CT molecular complexity index is 364. The molecule has 1 rings (SSSR count). The van der Waals surface area contributed by atoms with E-state index in [4.69, 9.17) is 17.3 Å². The molecule has 0 aromatic carbocycles. The molecular formula is C10H16ClN5. The Labute approximate surface area is 101 Å². The fourth-order valence-electron chi connectivity index (χ4n) is 0.860. The van der Waals surface area contributed by atoms with E-state index >= 15 is 0 Å². The van der Waals surface area contributed by atoms with E-state index in [1.165, 1.54) is 11.3 Å². The minimum Gasteiger partial charge on any atom is -0.397 e. The number of hydrogen-bond acceptors (Lipinski definition) is 5. The first-order chi connectivity index (χ1) is 7.69. The molecule has 2 N–H and O–H groups in total.